The van der Waals surface area contributed by atoms with Gasteiger partial charge in [-0.25, -0.2) is 4.98 Å². The lowest BCUT2D eigenvalue weighted by Gasteiger charge is -2.29. The van der Waals surface area contributed by atoms with Gasteiger partial charge in [0.1, 0.15) is 11.6 Å². The molecular weight excluding hydrogens is 302 g/mol. The van der Waals surface area contributed by atoms with E-state index >= 15 is 0 Å². The van der Waals surface area contributed by atoms with Crippen molar-refractivity contribution in [2.75, 3.05) is 20.1 Å². The first-order valence-corrected chi connectivity index (χ1v) is 8.78. The van der Waals surface area contributed by atoms with E-state index in [2.05, 4.69) is 51.6 Å². The Labute approximate surface area is 144 Å². The van der Waals surface area contributed by atoms with Crippen LogP contribution in [0.25, 0.3) is 0 Å². The van der Waals surface area contributed by atoms with E-state index in [1.165, 1.54) is 5.56 Å². The summed E-state index contributed by atoms with van der Waals surface area (Å²) >= 11 is 0. The second-order valence-electron chi connectivity index (χ2n) is 7.37. The molecular formula is C18H29N5O. The first-order valence-electron chi connectivity index (χ1n) is 8.78. The molecule has 1 atom stereocenters. The summed E-state index contributed by atoms with van der Waals surface area (Å²) < 4.78 is 7.65. The van der Waals surface area contributed by atoms with Crippen LogP contribution in [0.15, 0.2) is 16.9 Å². The van der Waals surface area contributed by atoms with Crippen LogP contribution in [0.3, 0.4) is 0 Å². The van der Waals surface area contributed by atoms with Gasteiger partial charge in [-0.15, -0.1) is 0 Å². The zero-order valence-electron chi connectivity index (χ0n) is 15.5. The lowest BCUT2D eigenvalue weighted by molar-refractivity contribution is 0.166. The van der Waals surface area contributed by atoms with Crippen LogP contribution < -0.4 is 0 Å². The maximum atomic E-state index is 5.34. The van der Waals surface area contributed by atoms with Gasteiger partial charge in [0, 0.05) is 56.1 Å². The zero-order chi connectivity index (χ0) is 17.3. The van der Waals surface area contributed by atoms with Crippen LogP contribution in [0.2, 0.25) is 0 Å². The number of aromatic nitrogens is 3. The minimum absolute atomic E-state index is 0.562. The van der Waals surface area contributed by atoms with Gasteiger partial charge >= 0.3 is 0 Å². The van der Waals surface area contributed by atoms with E-state index in [0.29, 0.717) is 12.0 Å². The van der Waals surface area contributed by atoms with Gasteiger partial charge in [0.05, 0.1) is 12.2 Å². The molecule has 0 spiro atoms. The van der Waals surface area contributed by atoms with Gasteiger partial charge in [0.15, 0.2) is 0 Å². The predicted octanol–water partition coefficient (Wildman–Crippen LogP) is 2.46. The van der Waals surface area contributed by atoms with Crippen LogP contribution in [0.4, 0.5) is 0 Å². The van der Waals surface area contributed by atoms with E-state index < -0.39 is 0 Å². The molecule has 0 saturated carbocycles. The number of hydrogen-bond donors (Lipinski definition) is 0. The minimum atomic E-state index is 0.562. The Morgan fingerprint density at radius 3 is 2.79 bits per heavy atom. The van der Waals surface area contributed by atoms with Crippen LogP contribution in [0.5, 0.6) is 0 Å². The summed E-state index contributed by atoms with van der Waals surface area (Å²) in [6, 6.07) is 0.562. The van der Waals surface area contributed by atoms with Crippen molar-refractivity contribution in [3.8, 4) is 0 Å². The van der Waals surface area contributed by atoms with E-state index in [0.717, 1.165) is 50.0 Å². The van der Waals surface area contributed by atoms with Gasteiger partial charge < -0.3 is 14.0 Å². The van der Waals surface area contributed by atoms with Crippen molar-refractivity contribution in [3.63, 3.8) is 0 Å². The van der Waals surface area contributed by atoms with E-state index in [1.807, 2.05) is 20.0 Å². The number of imidazole rings is 1. The molecule has 2 aromatic rings. The van der Waals surface area contributed by atoms with Crippen molar-refractivity contribution in [3.05, 3.63) is 35.2 Å². The Bertz CT molecular complexity index is 655. The normalized spacial score (nSPS) is 19.0. The van der Waals surface area contributed by atoms with E-state index in [9.17, 15) is 0 Å². The van der Waals surface area contributed by atoms with Gasteiger partial charge in [-0.3, -0.25) is 4.90 Å². The Balaban J connectivity index is 1.78. The van der Waals surface area contributed by atoms with Crippen molar-refractivity contribution in [2.45, 2.75) is 53.4 Å². The molecule has 0 amide bonds. The molecule has 0 saturated heterocycles. The van der Waals surface area contributed by atoms with Crippen molar-refractivity contribution in [1.82, 2.24) is 24.5 Å². The average molecular weight is 331 g/mol. The number of fused-ring (bicyclic) bond motifs is 1. The maximum Gasteiger partial charge on any atom is 0.138 e. The van der Waals surface area contributed by atoms with Crippen LogP contribution >= 0.6 is 0 Å². The van der Waals surface area contributed by atoms with E-state index in [1.54, 1.807) is 0 Å². The molecule has 1 aliphatic rings. The fourth-order valence-electron chi connectivity index (χ4n) is 3.43. The third-order valence-electron chi connectivity index (χ3n) is 5.13. The molecule has 2 aromatic heterocycles. The number of nitrogens with zero attached hydrogens (tertiary/aromatic N) is 5. The standard InChI is InChI=1S/C18H29N5O/c1-13(2)21(5)8-16-9-22(11-17-14(3)20-24-15(17)4)12-18-19-6-7-23(18)10-16/h6-7,13,16H,8-12H2,1-5H3. The summed E-state index contributed by atoms with van der Waals surface area (Å²) in [6.07, 6.45) is 4.02. The predicted molar refractivity (Wildman–Crippen MR) is 93.6 cm³/mol. The first-order chi connectivity index (χ1) is 11.4. The Morgan fingerprint density at radius 1 is 1.33 bits per heavy atom. The molecule has 0 aromatic carbocycles. The quantitative estimate of drug-likeness (QED) is 0.842. The molecule has 132 valence electrons. The van der Waals surface area contributed by atoms with Gasteiger partial charge in [0.25, 0.3) is 0 Å². The Hall–Kier alpha value is -1.66. The molecule has 3 heterocycles. The number of aryl methyl sites for hydroxylation is 2. The molecule has 1 unspecified atom stereocenters. The third-order valence-corrected chi connectivity index (χ3v) is 5.13. The highest BCUT2D eigenvalue weighted by Crippen LogP contribution is 2.21. The highest BCUT2D eigenvalue weighted by molar-refractivity contribution is 5.20. The summed E-state index contributed by atoms with van der Waals surface area (Å²) in [7, 11) is 2.21. The molecule has 1 aliphatic heterocycles. The largest absolute Gasteiger partial charge is 0.361 e. The lowest BCUT2D eigenvalue weighted by atomic mass is 10.1. The summed E-state index contributed by atoms with van der Waals surface area (Å²) in [4.78, 5) is 9.47. The van der Waals surface area contributed by atoms with Gasteiger partial charge in [0.2, 0.25) is 0 Å². The SMILES string of the molecule is Cc1noc(C)c1CN1Cc2nccn2CC(CN(C)C(C)C)C1. The molecule has 24 heavy (non-hydrogen) atoms. The van der Waals surface area contributed by atoms with Crippen LogP contribution in [-0.4, -0.2) is 50.7 Å². The molecule has 0 radical (unpaired) electrons. The lowest BCUT2D eigenvalue weighted by Crippen LogP contribution is -2.37. The van der Waals surface area contributed by atoms with E-state index in [-0.39, 0.29) is 0 Å². The van der Waals surface area contributed by atoms with Crippen LogP contribution in [-0.2, 0) is 19.6 Å². The van der Waals surface area contributed by atoms with Gasteiger partial charge in [-0.05, 0) is 34.7 Å². The second-order valence-corrected chi connectivity index (χ2v) is 7.37. The molecule has 3 rings (SSSR count). The summed E-state index contributed by atoms with van der Waals surface area (Å²) in [5.41, 5.74) is 2.21. The van der Waals surface area contributed by atoms with Crippen molar-refractivity contribution in [1.29, 1.82) is 0 Å². The van der Waals surface area contributed by atoms with Gasteiger partial charge in [-0.1, -0.05) is 5.16 Å². The van der Waals surface area contributed by atoms with Crippen molar-refractivity contribution >= 4 is 0 Å². The van der Waals surface area contributed by atoms with Crippen LogP contribution in [0.1, 0.15) is 36.7 Å². The monoisotopic (exact) mass is 331 g/mol. The molecule has 6 heteroatoms. The number of hydrogen-bond acceptors (Lipinski definition) is 5. The van der Waals surface area contributed by atoms with Crippen molar-refractivity contribution in [2.24, 2.45) is 5.92 Å². The van der Waals surface area contributed by atoms with Crippen LogP contribution in [0, 0.1) is 19.8 Å². The molecule has 0 aliphatic carbocycles. The summed E-state index contributed by atoms with van der Waals surface area (Å²) in [5, 5.41) is 4.10. The summed E-state index contributed by atoms with van der Waals surface area (Å²) in [6.45, 7) is 13.5. The Kier molecular flexibility index (Phi) is 5.06. The first kappa shape index (κ1) is 17.2. The molecule has 0 fully saturated rings. The second kappa shape index (κ2) is 7.07. The average Bonchev–Trinajstić information content (AvgIpc) is 3.03. The minimum Gasteiger partial charge on any atom is -0.361 e. The van der Waals surface area contributed by atoms with Gasteiger partial charge in [-0.2, -0.15) is 0 Å². The topological polar surface area (TPSA) is 50.3 Å². The third kappa shape index (κ3) is 3.70. The number of rotatable bonds is 5. The highest BCUT2D eigenvalue weighted by atomic mass is 16.5. The highest BCUT2D eigenvalue weighted by Gasteiger charge is 2.25. The Morgan fingerprint density at radius 2 is 2.12 bits per heavy atom. The maximum absolute atomic E-state index is 5.34. The fraction of sp³-hybridized carbons (Fsp3) is 0.667. The molecule has 0 N–H and O–H groups in total. The van der Waals surface area contributed by atoms with Crippen molar-refractivity contribution < 1.29 is 4.52 Å². The smallest absolute Gasteiger partial charge is 0.138 e. The van der Waals surface area contributed by atoms with E-state index in [4.69, 9.17) is 4.52 Å². The molecule has 0 bridgehead atoms. The fourth-order valence-corrected chi connectivity index (χ4v) is 3.43. The summed E-state index contributed by atoms with van der Waals surface area (Å²) in [5.74, 6) is 2.65. The zero-order valence-corrected chi connectivity index (χ0v) is 15.5. The molecule has 6 nitrogen and oxygen atoms in total.